The summed E-state index contributed by atoms with van der Waals surface area (Å²) in [6.07, 6.45) is 10.7. The third kappa shape index (κ3) is 4.81. The molecule has 0 amide bonds. The molecule has 0 aliphatic heterocycles. The maximum absolute atomic E-state index is 4.28. The molecule has 0 nitrogen and oxygen atoms in total. The molecule has 0 N–H and O–H groups in total. The van der Waals surface area contributed by atoms with Crippen LogP contribution in [0.3, 0.4) is 0 Å². The number of rotatable bonds is 7. The fourth-order valence-corrected chi connectivity index (χ4v) is 2.80. The van der Waals surface area contributed by atoms with Gasteiger partial charge in [-0.2, -0.15) is 0 Å². The molecule has 0 aliphatic rings. The fourth-order valence-electron chi connectivity index (χ4n) is 2.80. The van der Waals surface area contributed by atoms with E-state index in [1.54, 1.807) is 6.08 Å². The second-order valence-electron chi connectivity index (χ2n) is 6.09. The lowest BCUT2D eigenvalue weighted by Crippen LogP contribution is -1.92. The van der Waals surface area contributed by atoms with Crippen LogP contribution in [-0.4, -0.2) is 0 Å². The molecule has 0 saturated carbocycles. The molecule has 0 spiro atoms. The van der Waals surface area contributed by atoms with E-state index in [0.717, 1.165) is 17.6 Å². The Hall–Kier alpha value is -2.86. The number of hydrogen-bond acceptors (Lipinski definition) is 0. The van der Waals surface area contributed by atoms with E-state index in [1.807, 2.05) is 19.1 Å². The normalized spacial score (nSPS) is 11.5. The Kier molecular flexibility index (Phi) is 6.54. The molecule has 0 aromatic heterocycles. The SMILES string of the molecule is C=C/C=C\c1cc(CC(=C)c2ccc(/C(C=C)=C/C)cc2)ccc1C. The average molecular weight is 326 g/mol. The van der Waals surface area contributed by atoms with Gasteiger partial charge < -0.3 is 0 Å². The van der Waals surface area contributed by atoms with E-state index in [2.05, 4.69) is 81.3 Å². The molecule has 0 saturated heterocycles. The predicted octanol–water partition coefficient (Wildman–Crippen LogP) is 7.04. The van der Waals surface area contributed by atoms with E-state index in [9.17, 15) is 0 Å². The van der Waals surface area contributed by atoms with Gasteiger partial charge >= 0.3 is 0 Å². The van der Waals surface area contributed by atoms with Crippen LogP contribution >= 0.6 is 0 Å². The zero-order chi connectivity index (χ0) is 18.2. The summed E-state index contributed by atoms with van der Waals surface area (Å²) < 4.78 is 0. The minimum atomic E-state index is 0.840. The van der Waals surface area contributed by atoms with Crippen LogP contribution in [0, 0.1) is 6.92 Å². The van der Waals surface area contributed by atoms with E-state index in [-0.39, 0.29) is 0 Å². The molecule has 126 valence electrons. The van der Waals surface area contributed by atoms with E-state index in [0.29, 0.717) is 0 Å². The van der Waals surface area contributed by atoms with E-state index < -0.39 is 0 Å². The molecule has 2 rings (SSSR count). The molecule has 25 heavy (non-hydrogen) atoms. The van der Waals surface area contributed by atoms with E-state index >= 15 is 0 Å². The second-order valence-corrected chi connectivity index (χ2v) is 6.09. The molecule has 2 aromatic carbocycles. The molecular weight excluding hydrogens is 300 g/mol. The molecule has 0 aliphatic carbocycles. The lowest BCUT2D eigenvalue weighted by Gasteiger charge is -2.10. The van der Waals surface area contributed by atoms with Crippen molar-refractivity contribution in [1.29, 1.82) is 0 Å². The monoisotopic (exact) mass is 326 g/mol. The summed E-state index contributed by atoms with van der Waals surface area (Å²) in [5.74, 6) is 0. The second kappa shape index (κ2) is 8.84. The van der Waals surface area contributed by atoms with Crippen LogP contribution in [0.4, 0.5) is 0 Å². The summed E-state index contributed by atoms with van der Waals surface area (Å²) in [5, 5.41) is 0. The average Bonchev–Trinajstić information content (AvgIpc) is 2.63. The lowest BCUT2D eigenvalue weighted by molar-refractivity contribution is 1.26. The molecular formula is C25H26. The minimum Gasteiger partial charge on any atom is -0.0991 e. The van der Waals surface area contributed by atoms with Crippen LogP contribution < -0.4 is 0 Å². The summed E-state index contributed by atoms with van der Waals surface area (Å²) >= 11 is 0. The summed E-state index contributed by atoms with van der Waals surface area (Å²) in [5.41, 5.74) is 8.38. The van der Waals surface area contributed by atoms with Gasteiger partial charge in [-0.15, -0.1) is 0 Å². The molecule has 0 unspecified atom stereocenters. The zero-order valence-electron chi connectivity index (χ0n) is 15.3. The molecule has 0 bridgehead atoms. The lowest BCUT2D eigenvalue weighted by atomic mass is 9.95. The van der Waals surface area contributed by atoms with Gasteiger partial charge in [0.05, 0.1) is 0 Å². The highest BCUT2D eigenvalue weighted by molar-refractivity contribution is 5.75. The molecule has 0 fully saturated rings. The highest BCUT2D eigenvalue weighted by Gasteiger charge is 2.04. The minimum absolute atomic E-state index is 0.840. The topological polar surface area (TPSA) is 0 Å². The summed E-state index contributed by atoms with van der Waals surface area (Å²) in [6.45, 7) is 16.0. The van der Waals surface area contributed by atoms with Crippen molar-refractivity contribution >= 4 is 17.2 Å². The van der Waals surface area contributed by atoms with Crippen molar-refractivity contribution in [3.63, 3.8) is 0 Å². The zero-order valence-corrected chi connectivity index (χ0v) is 15.3. The summed E-state index contributed by atoms with van der Waals surface area (Å²) in [7, 11) is 0. The van der Waals surface area contributed by atoms with E-state index in [4.69, 9.17) is 0 Å². The molecule has 2 aromatic rings. The van der Waals surface area contributed by atoms with Crippen molar-refractivity contribution in [2.45, 2.75) is 20.3 Å². The van der Waals surface area contributed by atoms with Gasteiger partial charge in [-0.3, -0.25) is 0 Å². The van der Waals surface area contributed by atoms with Crippen molar-refractivity contribution in [1.82, 2.24) is 0 Å². The first-order chi connectivity index (χ1) is 12.1. The fraction of sp³-hybridized carbons (Fsp3) is 0.120. The van der Waals surface area contributed by atoms with Crippen LogP contribution in [0.5, 0.6) is 0 Å². The van der Waals surface area contributed by atoms with Gasteiger partial charge in [-0.1, -0.05) is 92.6 Å². The van der Waals surface area contributed by atoms with Gasteiger partial charge in [0, 0.05) is 0 Å². The third-order valence-corrected chi connectivity index (χ3v) is 4.33. The first kappa shape index (κ1) is 18.5. The van der Waals surface area contributed by atoms with Gasteiger partial charge in [0.2, 0.25) is 0 Å². The number of allylic oxidation sites excluding steroid dienone is 6. The number of benzene rings is 2. The Labute approximate surface area is 152 Å². The van der Waals surface area contributed by atoms with Crippen molar-refractivity contribution < 1.29 is 0 Å². The van der Waals surface area contributed by atoms with Crippen LogP contribution in [0.2, 0.25) is 0 Å². The van der Waals surface area contributed by atoms with Gasteiger partial charge in [0.15, 0.2) is 0 Å². The van der Waals surface area contributed by atoms with Crippen molar-refractivity contribution in [2.24, 2.45) is 0 Å². The third-order valence-electron chi connectivity index (χ3n) is 4.33. The van der Waals surface area contributed by atoms with Crippen LogP contribution in [0.25, 0.3) is 17.2 Å². The quantitative estimate of drug-likeness (QED) is 0.479. The Bertz CT molecular complexity index is 827. The van der Waals surface area contributed by atoms with Crippen LogP contribution in [0.1, 0.15) is 34.7 Å². The first-order valence-electron chi connectivity index (χ1n) is 8.55. The van der Waals surface area contributed by atoms with Crippen molar-refractivity contribution in [3.05, 3.63) is 114 Å². The Morgan fingerprint density at radius 2 is 1.68 bits per heavy atom. The standard InChI is InChI=1S/C25H26/c1-6-9-10-25-18-21(12-11-19(25)4)17-20(5)23-13-15-24(16-14-23)22(7-2)8-3/h6-16,18H,1-2,5,17H2,3-4H3/b10-9-,22-8+. The van der Waals surface area contributed by atoms with E-state index in [1.165, 1.54) is 27.8 Å². The first-order valence-corrected chi connectivity index (χ1v) is 8.55. The number of aryl methyl sites for hydroxylation is 1. The van der Waals surface area contributed by atoms with Crippen molar-refractivity contribution in [2.75, 3.05) is 0 Å². The van der Waals surface area contributed by atoms with Gasteiger partial charge in [0.25, 0.3) is 0 Å². The Morgan fingerprint density at radius 1 is 1.00 bits per heavy atom. The Morgan fingerprint density at radius 3 is 2.28 bits per heavy atom. The summed E-state index contributed by atoms with van der Waals surface area (Å²) in [6, 6.07) is 15.1. The predicted molar refractivity (Wildman–Crippen MR) is 113 cm³/mol. The van der Waals surface area contributed by atoms with Crippen LogP contribution in [-0.2, 0) is 6.42 Å². The molecule has 0 radical (unpaired) electrons. The highest BCUT2D eigenvalue weighted by Crippen LogP contribution is 2.23. The Balaban J connectivity index is 2.18. The van der Waals surface area contributed by atoms with Crippen LogP contribution in [0.15, 0.2) is 86.5 Å². The van der Waals surface area contributed by atoms with Gasteiger partial charge in [-0.05, 0) is 59.2 Å². The maximum Gasteiger partial charge on any atom is -0.00255 e. The molecule has 0 heteroatoms. The highest BCUT2D eigenvalue weighted by atomic mass is 14.1. The van der Waals surface area contributed by atoms with Gasteiger partial charge in [0.1, 0.15) is 0 Å². The van der Waals surface area contributed by atoms with Crippen molar-refractivity contribution in [3.8, 4) is 0 Å². The largest absolute Gasteiger partial charge is 0.0991 e. The molecule has 0 heterocycles. The molecule has 0 atom stereocenters. The summed E-state index contributed by atoms with van der Waals surface area (Å²) in [4.78, 5) is 0. The van der Waals surface area contributed by atoms with Gasteiger partial charge in [-0.25, -0.2) is 0 Å². The maximum atomic E-state index is 4.28. The number of hydrogen-bond donors (Lipinski definition) is 0. The smallest absolute Gasteiger partial charge is 0.00255 e.